The Morgan fingerprint density at radius 1 is 1.25 bits per heavy atom. The van der Waals surface area contributed by atoms with Crippen LogP contribution in [0.5, 0.6) is 0 Å². The lowest BCUT2D eigenvalue weighted by atomic mass is 10.2. The second kappa shape index (κ2) is 7.81. The first-order valence-electron chi connectivity index (χ1n) is 8.06. The Bertz CT molecular complexity index is 778. The third-order valence-electron chi connectivity index (χ3n) is 4.04. The number of likely N-dealkylation sites (tertiary alicyclic amines) is 1. The Labute approximate surface area is 150 Å². The van der Waals surface area contributed by atoms with Crippen LogP contribution in [0.3, 0.4) is 0 Å². The van der Waals surface area contributed by atoms with Crippen molar-refractivity contribution in [3.8, 4) is 0 Å². The summed E-state index contributed by atoms with van der Waals surface area (Å²) >= 11 is 7.89. The standard InChI is InChI=1S/C18H19ClN2O2S/c19-18-13-5-1-2-6-14(13)24-15(18)7-8-16(22)20-10-9-17(23)21-11-3-4-12-21/h1-2,5-8H,3-4,9-12H2,(H,20,22)/b8-7+. The number of carbonyl (C=O) groups is 2. The van der Waals surface area contributed by atoms with E-state index < -0.39 is 0 Å². The molecule has 1 aliphatic rings. The maximum absolute atomic E-state index is 11.9. The molecule has 126 valence electrons. The summed E-state index contributed by atoms with van der Waals surface area (Å²) in [5, 5.41) is 4.42. The molecule has 6 heteroatoms. The lowest BCUT2D eigenvalue weighted by Gasteiger charge is -2.14. The lowest BCUT2D eigenvalue weighted by molar-refractivity contribution is -0.130. The third kappa shape index (κ3) is 3.97. The van der Waals surface area contributed by atoms with Crippen LogP contribution in [0.15, 0.2) is 30.3 Å². The molecule has 0 spiro atoms. The molecule has 0 aliphatic carbocycles. The number of halogens is 1. The Hall–Kier alpha value is -1.85. The zero-order valence-electron chi connectivity index (χ0n) is 13.3. The van der Waals surface area contributed by atoms with Crippen LogP contribution in [0.1, 0.15) is 24.1 Å². The molecule has 2 amide bonds. The Balaban J connectivity index is 1.51. The molecule has 3 rings (SSSR count). The molecular weight excluding hydrogens is 344 g/mol. The minimum atomic E-state index is -0.210. The number of rotatable bonds is 5. The summed E-state index contributed by atoms with van der Waals surface area (Å²) in [7, 11) is 0. The highest BCUT2D eigenvalue weighted by molar-refractivity contribution is 7.20. The van der Waals surface area contributed by atoms with E-state index in [4.69, 9.17) is 11.6 Å². The summed E-state index contributed by atoms with van der Waals surface area (Å²) in [6, 6.07) is 7.88. The van der Waals surface area contributed by atoms with Crippen molar-refractivity contribution in [1.82, 2.24) is 10.2 Å². The fourth-order valence-corrected chi connectivity index (χ4v) is 4.17. The largest absolute Gasteiger partial charge is 0.352 e. The van der Waals surface area contributed by atoms with Gasteiger partial charge in [-0.2, -0.15) is 0 Å². The summed E-state index contributed by atoms with van der Waals surface area (Å²) < 4.78 is 1.10. The SMILES string of the molecule is O=C(/C=C/c1sc2ccccc2c1Cl)NCCC(=O)N1CCCC1. The number of thiophene rings is 1. The van der Waals surface area contributed by atoms with Crippen molar-refractivity contribution in [2.24, 2.45) is 0 Å². The van der Waals surface area contributed by atoms with Crippen LogP contribution in [0.4, 0.5) is 0 Å². The van der Waals surface area contributed by atoms with Crippen LogP contribution in [0.25, 0.3) is 16.2 Å². The maximum atomic E-state index is 11.9. The summed E-state index contributed by atoms with van der Waals surface area (Å²) in [5.74, 6) is -0.0953. The molecule has 0 unspecified atom stereocenters. The minimum absolute atomic E-state index is 0.115. The van der Waals surface area contributed by atoms with Gasteiger partial charge in [0.1, 0.15) is 0 Å². The fourth-order valence-electron chi connectivity index (χ4n) is 2.77. The molecule has 0 atom stereocenters. The minimum Gasteiger partial charge on any atom is -0.352 e. The molecule has 24 heavy (non-hydrogen) atoms. The highest BCUT2D eigenvalue weighted by atomic mass is 35.5. The van der Waals surface area contributed by atoms with Gasteiger partial charge in [-0.3, -0.25) is 9.59 Å². The van der Waals surface area contributed by atoms with Crippen molar-refractivity contribution in [2.75, 3.05) is 19.6 Å². The second-order valence-electron chi connectivity index (χ2n) is 5.74. The topological polar surface area (TPSA) is 49.4 Å². The normalized spacial score (nSPS) is 14.6. The molecule has 1 fully saturated rings. The van der Waals surface area contributed by atoms with E-state index >= 15 is 0 Å². The van der Waals surface area contributed by atoms with Crippen molar-refractivity contribution in [1.29, 1.82) is 0 Å². The Kier molecular flexibility index (Phi) is 5.53. The summed E-state index contributed by atoms with van der Waals surface area (Å²) in [5.41, 5.74) is 0. The van der Waals surface area contributed by atoms with Crippen molar-refractivity contribution >= 4 is 50.9 Å². The number of amides is 2. The predicted molar refractivity (Wildman–Crippen MR) is 99.3 cm³/mol. The van der Waals surface area contributed by atoms with E-state index in [1.54, 1.807) is 17.4 Å². The van der Waals surface area contributed by atoms with E-state index in [2.05, 4.69) is 5.32 Å². The molecule has 1 saturated heterocycles. The molecule has 2 heterocycles. The van der Waals surface area contributed by atoms with Gasteiger partial charge in [0.15, 0.2) is 0 Å². The van der Waals surface area contributed by atoms with E-state index in [-0.39, 0.29) is 11.8 Å². The van der Waals surface area contributed by atoms with Crippen molar-refractivity contribution in [3.63, 3.8) is 0 Å². The van der Waals surface area contributed by atoms with Gasteiger partial charge in [-0.15, -0.1) is 11.3 Å². The first-order valence-corrected chi connectivity index (χ1v) is 9.25. The zero-order valence-corrected chi connectivity index (χ0v) is 14.8. The fraction of sp³-hybridized carbons (Fsp3) is 0.333. The molecule has 0 radical (unpaired) electrons. The van der Waals surface area contributed by atoms with Crippen LogP contribution < -0.4 is 5.32 Å². The monoisotopic (exact) mass is 362 g/mol. The molecule has 1 aromatic heterocycles. The molecule has 2 aromatic rings. The maximum Gasteiger partial charge on any atom is 0.244 e. The number of nitrogens with zero attached hydrogens (tertiary/aromatic N) is 1. The first-order chi connectivity index (χ1) is 11.6. The van der Waals surface area contributed by atoms with E-state index in [0.29, 0.717) is 18.0 Å². The molecule has 1 aromatic carbocycles. The third-order valence-corrected chi connectivity index (χ3v) is 5.70. The number of hydrogen-bond donors (Lipinski definition) is 1. The van der Waals surface area contributed by atoms with Gasteiger partial charge in [0, 0.05) is 47.1 Å². The highest BCUT2D eigenvalue weighted by Gasteiger charge is 2.17. The molecular formula is C18H19ClN2O2S. The van der Waals surface area contributed by atoms with Crippen LogP contribution in [-0.4, -0.2) is 36.3 Å². The van der Waals surface area contributed by atoms with Crippen LogP contribution in [0, 0.1) is 0 Å². The summed E-state index contributed by atoms with van der Waals surface area (Å²) in [4.78, 5) is 26.5. The average Bonchev–Trinajstić information content (AvgIpc) is 3.22. The van der Waals surface area contributed by atoms with Crippen LogP contribution in [0.2, 0.25) is 5.02 Å². The van der Waals surface area contributed by atoms with Gasteiger partial charge in [0.2, 0.25) is 11.8 Å². The van der Waals surface area contributed by atoms with Crippen molar-refractivity contribution in [2.45, 2.75) is 19.3 Å². The van der Waals surface area contributed by atoms with Gasteiger partial charge in [0.25, 0.3) is 0 Å². The van der Waals surface area contributed by atoms with Crippen molar-refractivity contribution < 1.29 is 9.59 Å². The number of carbonyl (C=O) groups excluding carboxylic acids is 2. The van der Waals surface area contributed by atoms with Gasteiger partial charge in [-0.05, 0) is 25.0 Å². The van der Waals surface area contributed by atoms with Crippen LogP contribution in [-0.2, 0) is 9.59 Å². The van der Waals surface area contributed by atoms with Crippen molar-refractivity contribution in [3.05, 3.63) is 40.2 Å². The van der Waals surface area contributed by atoms with Gasteiger partial charge in [-0.1, -0.05) is 29.8 Å². The Morgan fingerprint density at radius 2 is 2.00 bits per heavy atom. The average molecular weight is 363 g/mol. The Morgan fingerprint density at radius 3 is 2.75 bits per heavy atom. The van der Waals surface area contributed by atoms with E-state index in [1.165, 1.54) is 6.08 Å². The van der Waals surface area contributed by atoms with Crippen LogP contribution >= 0.6 is 22.9 Å². The molecule has 1 aliphatic heterocycles. The summed E-state index contributed by atoms with van der Waals surface area (Å²) in [6.07, 6.45) is 5.71. The van der Waals surface area contributed by atoms with Gasteiger partial charge >= 0.3 is 0 Å². The quantitative estimate of drug-likeness (QED) is 0.824. The predicted octanol–water partition coefficient (Wildman–Crippen LogP) is 3.70. The smallest absolute Gasteiger partial charge is 0.244 e. The molecule has 1 N–H and O–H groups in total. The molecule has 0 saturated carbocycles. The van der Waals surface area contributed by atoms with Gasteiger partial charge in [-0.25, -0.2) is 0 Å². The highest BCUT2D eigenvalue weighted by Crippen LogP contribution is 2.35. The summed E-state index contributed by atoms with van der Waals surface area (Å²) in [6.45, 7) is 2.05. The lowest BCUT2D eigenvalue weighted by Crippen LogP contribution is -2.32. The number of hydrogen-bond acceptors (Lipinski definition) is 3. The molecule has 0 bridgehead atoms. The van der Waals surface area contributed by atoms with E-state index in [1.807, 2.05) is 29.2 Å². The number of benzene rings is 1. The second-order valence-corrected chi connectivity index (χ2v) is 7.20. The zero-order chi connectivity index (χ0) is 16.9. The number of nitrogens with one attached hydrogen (secondary N) is 1. The van der Waals surface area contributed by atoms with E-state index in [9.17, 15) is 9.59 Å². The first kappa shape index (κ1) is 17.0. The molecule has 4 nitrogen and oxygen atoms in total. The number of fused-ring (bicyclic) bond motifs is 1. The van der Waals surface area contributed by atoms with Gasteiger partial charge < -0.3 is 10.2 Å². The van der Waals surface area contributed by atoms with E-state index in [0.717, 1.165) is 40.9 Å². The van der Waals surface area contributed by atoms with Gasteiger partial charge in [0.05, 0.1) is 5.02 Å².